The topological polar surface area (TPSA) is 67.4 Å². The number of ether oxygens (including phenoxy) is 1. The average Bonchev–Trinajstić information content (AvgIpc) is 3.49. The standard InChI is InChI=1S/C23H26N2O3/c1-23(2)13-17-12-16(22(27)28-3)7-10-19(17)25-20(23)14-5-4-6-15(11-14)21(26)24-18-8-9-18/h4-7,10-12,18,20,25H,8-9,13H2,1-3H3,(H,24,26). The van der Waals surface area contributed by atoms with Crippen LogP contribution in [0.5, 0.6) is 0 Å². The van der Waals surface area contributed by atoms with E-state index in [1.165, 1.54) is 7.11 Å². The van der Waals surface area contributed by atoms with Gasteiger partial charge in [0.05, 0.1) is 18.7 Å². The number of hydrogen-bond acceptors (Lipinski definition) is 4. The lowest BCUT2D eigenvalue weighted by atomic mass is 9.72. The van der Waals surface area contributed by atoms with Crippen LogP contribution in [-0.4, -0.2) is 25.0 Å². The highest BCUT2D eigenvalue weighted by Crippen LogP contribution is 2.45. The van der Waals surface area contributed by atoms with Crippen molar-refractivity contribution in [2.75, 3.05) is 12.4 Å². The molecule has 2 N–H and O–H groups in total. The van der Waals surface area contributed by atoms with Gasteiger partial charge in [0.15, 0.2) is 0 Å². The third-order valence-electron chi connectivity index (χ3n) is 5.65. The summed E-state index contributed by atoms with van der Waals surface area (Å²) in [7, 11) is 1.40. The van der Waals surface area contributed by atoms with E-state index in [-0.39, 0.29) is 23.3 Å². The van der Waals surface area contributed by atoms with Crippen molar-refractivity contribution in [3.8, 4) is 0 Å². The maximum atomic E-state index is 12.4. The molecule has 1 unspecified atom stereocenters. The molecular weight excluding hydrogens is 352 g/mol. The second-order valence-corrected chi connectivity index (χ2v) is 8.48. The number of anilines is 1. The molecule has 146 valence electrons. The van der Waals surface area contributed by atoms with Crippen molar-refractivity contribution in [1.82, 2.24) is 5.32 Å². The fraction of sp³-hybridized carbons (Fsp3) is 0.391. The maximum absolute atomic E-state index is 12.4. The molecular formula is C23H26N2O3. The van der Waals surface area contributed by atoms with Crippen LogP contribution in [0.1, 0.15) is 64.6 Å². The molecule has 1 heterocycles. The van der Waals surface area contributed by atoms with E-state index < -0.39 is 0 Å². The number of fused-ring (bicyclic) bond motifs is 1. The van der Waals surface area contributed by atoms with Crippen LogP contribution in [0.15, 0.2) is 42.5 Å². The molecule has 1 aliphatic carbocycles. The number of methoxy groups -OCH3 is 1. The summed E-state index contributed by atoms with van der Waals surface area (Å²) in [4.78, 5) is 24.3. The summed E-state index contributed by atoms with van der Waals surface area (Å²) >= 11 is 0. The first kappa shape index (κ1) is 18.5. The molecule has 2 aliphatic rings. The van der Waals surface area contributed by atoms with Crippen LogP contribution < -0.4 is 10.6 Å². The first-order valence-electron chi connectivity index (χ1n) is 9.76. The van der Waals surface area contributed by atoms with Crippen LogP contribution in [0.2, 0.25) is 0 Å². The average molecular weight is 378 g/mol. The van der Waals surface area contributed by atoms with Gasteiger partial charge in [0.1, 0.15) is 0 Å². The largest absolute Gasteiger partial charge is 0.465 e. The van der Waals surface area contributed by atoms with E-state index in [9.17, 15) is 9.59 Å². The lowest BCUT2D eigenvalue weighted by molar-refractivity contribution is 0.0600. The predicted octanol–water partition coefficient (Wildman–Crippen LogP) is 4.10. The summed E-state index contributed by atoms with van der Waals surface area (Å²) in [5, 5.41) is 6.68. The van der Waals surface area contributed by atoms with Crippen LogP contribution in [0.3, 0.4) is 0 Å². The molecule has 0 aromatic heterocycles. The van der Waals surface area contributed by atoms with Gasteiger partial charge in [-0.1, -0.05) is 26.0 Å². The number of carbonyl (C=O) groups is 2. The number of esters is 1. The third-order valence-corrected chi connectivity index (χ3v) is 5.65. The van der Waals surface area contributed by atoms with Gasteiger partial charge in [-0.3, -0.25) is 4.79 Å². The van der Waals surface area contributed by atoms with E-state index in [4.69, 9.17) is 4.74 Å². The van der Waals surface area contributed by atoms with Crippen LogP contribution in [0.25, 0.3) is 0 Å². The normalized spacial score (nSPS) is 19.9. The van der Waals surface area contributed by atoms with Gasteiger partial charge in [-0.2, -0.15) is 0 Å². The number of amides is 1. The van der Waals surface area contributed by atoms with Crippen molar-refractivity contribution < 1.29 is 14.3 Å². The van der Waals surface area contributed by atoms with Gasteiger partial charge in [0, 0.05) is 17.3 Å². The van der Waals surface area contributed by atoms with Crippen LogP contribution in [-0.2, 0) is 11.2 Å². The quantitative estimate of drug-likeness (QED) is 0.786. The molecule has 1 aliphatic heterocycles. The van der Waals surface area contributed by atoms with Crippen LogP contribution >= 0.6 is 0 Å². The number of rotatable bonds is 4. The van der Waals surface area contributed by atoms with Crippen LogP contribution in [0, 0.1) is 5.41 Å². The molecule has 5 heteroatoms. The van der Waals surface area contributed by atoms with E-state index in [0.717, 1.165) is 36.1 Å². The van der Waals surface area contributed by atoms with Crippen molar-refractivity contribution in [2.24, 2.45) is 5.41 Å². The molecule has 28 heavy (non-hydrogen) atoms. The van der Waals surface area contributed by atoms with E-state index in [1.54, 1.807) is 6.07 Å². The molecule has 1 fully saturated rings. The predicted molar refractivity (Wildman–Crippen MR) is 109 cm³/mol. The Morgan fingerprint density at radius 1 is 1.11 bits per heavy atom. The highest BCUT2D eigenvalue weighted by molar-refractivity contribution is 5.94. The Balaban J connectivity index is 1.62. The Morgan fingerprint density at radius 3 is 2.61 bits per heavy atom. The van der Waals surface area contributed by atoms with E-state index in [2.05, 4.69) is 30.5 Å². The van der Waals surface area contributed by atoms with Gasteiger partial charge in [-0.15, -0.1) is 0 Å². The molecule has 1 atom stereocenters. The van der Waals surface area contributed by atoms with E-state index in [1.807, 2.05) is 30.3 Å². The molecule has 0 radical (unpaired) electrons. The lowest BCUT2D eigenvalue weighted by Crippen LogP contribution is -2.35. The molecule has 0 spiro atoms. The Morgan fingerprint density at radius 2 is 1.89 bits per heavy atom. The summed E-state index contributed by atoms with van der Waals surface area (Å²) < 4.78 is 4.84. The summed E-state index contributed by atoms with van der Waals surface area (Å²) in [6.07, 6.45) is 2.98. The van der Waals surface area contributed by atoms with Gasteiger partial charge in [-0.05, 0) is 66.1 Å². The zero-order valence-corrected chi connectivity index (χ0v) is 16.5. The summed E-state index contributed by atoms with van der Waals surface area (Å²) in [6.45, 7) is 4.41. The number of benzene rings is 2. The SMILES string of the molecule is COC(=O)c1ccc2c(c1)CC(C)(C)C(c1cccc(C(=O)NC3CC3)c1)N2. The molecule has 0 bridgehead atoms. The summed E-state index contributed by atoms with van der Waals surface area (Å²) in [5.41, 5.74) is 4.39. The lowest BCUT2D eigenvalue weighted by Gasteiger charge is -2.41. The highest BCUT2D eigenvalue weighted by Gasteiger charge is 2.36. The monoisotopic (exact) mass is 378 g/mol. The smallest absolute Gasteiger partial charge is 0.337 e. The Labute approximate surface area is 165 Å². The van der Waals surface area contributed by atoms with Gasteiger partial charge < -0.3 is 15.4 Å². The summed E-state index contributed by atoms with van der Waals surface area (Å²) in [5.74, 6) is -0.321. The molecule has 1 amide bonds. The fourth-order valence-electron chi connectivity index (χ4n) is 3.96. The van der Waals surface area contributed by atoms with Crippen LogP contribution in [0.4, 0.5) is 5.69 Å². The minimum Gasteiger partial charge on any atom is -0.465 e. The van der Waals surface area contributed by atoms with E-state index >= 15 is 0 Å². The van der Waals surface area contributed by atoms with Gasteiger partial charge in [0.25, 0.3) is 5.91 Å². The Hall–Kier alpha value is -2.82. The molecule has 2 aromatic carbocycles. The second kappa shape index (κ2) is 6.97. The number of nitrogens with one attached hydrogen (secondary N) is 2. The molecule has 4 rings (SSSR count). The van der Waals surface area contributed by atoms with Crippen molar-refractivity contribution in [1.29, 1.82) is 0 Å². The van der Waals surface area contributed by atoms with Crippen molar-refractivity contribution in [3.05, 3.63) is 64.7 Å². The zero-order chi connectivity index (χ0) is 19.9. The van der Waals surface area contributed by atoms with Gasteiger partial charge in [-0.25, -0.2) is 4.79 Å². The second-order valence-electron chi connectivity index (χ2n) is 8.48. The minimum absolute atomic E-state index is 0.00101. The Bertz CT molecular complexity index is 931. The Kier molecular flexibility index (Phi) is 4.61. The third kappa shape index (κ3) is 3.61. The summed E-state index contributed by atoms with van der Waals surface area (Å²) in [6, 6.07) is 13.9. The molecule has 0 saturated heterocycles. The minimum atomic E-state index is -0.322. The molecule has 2 aromatic rings. The first-order chi connectivity index (χ1) is 13.4. The van der Waals surface area contributed by atoms with Crippen molar-refractivity contribution >= 4 is 17.6 Å². The number of hydrogen-bond donors (Lipinski definition) is 2. The van der Waals surface area contributed by atoms with E-state index in [0.29, 0.717) is 17.2 Å². The van der Waals surface area contributed by atoms with Gasteiger partial charge in [0.2, 0.25) is 0 Å². The number of carbonyl (C=O) groups excluding carboxylic acids is 2. The molecule has 1 saturated carbocycles. The highest BCUT2D eigenvalue weighted by atomic mass is 16.5. The maximum Gasteiger partial charge on any atom is 0.337 e. The van der Waals surface area contributed by atoms with Crippen molar-refractivity contribution in [3.63, 3.8) is 0 Å². The van der Waals surface area contributed by atoms with Crippen molar-refractivity contribution in [2.45, 2.75) is 45.2 Å². The van der Waals surface area contributed by atoms with Gasteiger partial charge >= 0.3 is 5.97 Å². The molecule has 5 nitrogen and oxygen atoms in total. The fourth-order valence-corrected chi connectivity index (χ4v) is 3.96. The zero-order valence-electron chi connectivity index (χ0n) is 16.5. The first-order valence-corrected chi connectivity index (χ1v) is 9.76.